The van der Waals surface area contributed by atoms with Crippen LogP contribution in [0.3, 0.4) is 0 Å². The summed E-state index contributed by atoms with van der Waals surface area (Å²) in [6.45, 7) is 3.86. The summed E-state index contributed by atoms with van der Waals surface area (Å²) in [5.74, 6) is -0.478. The maximum Gasteiger partial charge on any atom is 0.331 e. The molecule has 2 aromatic rings. The van der Waals surface area contributed by atoms with Crippen LogP contribution in [-0.4, -0.2) is 15.0 Å². The van der Waals surface area contributed by atoms with Gasteiger partial charge in [0.25, 0.3) is 5.56 Å². The summed E-state index contributed by atoms with van der Waals surface area (Å²) in [7, 11) is 0. The smallest absolute Gasteiger partial charge is 0.324 e. The Kier molecular flexibility index (Phi) is 4.28. The van der Waals surface area contributed by atoms with E-state index in [1.807, 2.05) is 32.0 Å². The van der Waals surface area contributed by atoms with Gasteiger partial charge in [-0.3, -0.25) is 14.2 Å². The quantitative estimate of drug-likeness (QED) is 0.906. The molecule has 0 aliphatic carbocycles. The van der Waals surface area contributed by atoms with Crippen LogP contribution in [0.15, 0.2) is 27.8 Å². The van der Waals surface area contributed by atoms with Gasteiger partial charge in [-0.05, 0) is 38.3 Å². The van der Waals surface area contributed by atoms with Gasteiger partial charge >= 0.3 is 5.69 Å². The molecule has 128 valence electrons. The fraction of sp³-hybridized carbons (Fsp3) is 0.333. The summed E-state index contributed by atoms with van der Waals surface area (Å²) < 4.78 is 2.26. The van der Waals surface area contributed by atoms with Crippen molar-refractivity contribution >= 4 is 11.6 Å². The zero-order valence-electron chi connectivity index (χ0n) is 14.1. The van der Waals surface area contributed by atoms with Crippen LogP contribution in [0.1, 0.15) is 28.8 Å². The van der Waals surface area contributed by atoms with Crippen LogP contribution in [-0.2, 0) is 24.3 Å². The summed E-state index contributed by atoms with van der Waals surface area (Å²) in [4.78, 5) is 37.2. The summed E-state index contributed by atoms with van der Waals surface area (Å²) in [5, 5.41) is 12.0. The molecular weight excluding hydrogens is 320 g/mol. The minimum atomic E-state index is -0.698. The van der Waals surface area contributed by atoms with E-state index in [0.29, 0.717) is 30.8 Å². The number of hydrogen-bond donors (Lipinski definition) is 1. The van der Waals surface area contributed by atoms with Gasteiger partial charge in [0.15, 0.2) is 0 Å². The molecule has 0 radical (unpaired) electrons. The van der Waals surface area contributed by atoms with Crippen molar-refractivity contribution in [3.05, 3.63) is 61.4 Å². The highest BCUT2D eigenvalue weighted by Crippen LogP contribution is 2.16. The third kappa shape index (κ3) is 2.98. The van der Waals surface area contributed by atoms with E-state index in [1.54, 1.807) is 6.07 Å². The zero-order valence-corrected chi connectivity index (χ0v) is 14.1. The van der Waals surface area contributed by atoms with Crippen molar-refractivity contribution in [2.45, 2.75) is 39.8 Å². The lowest BCUT2D eigenvalue weighted by molar-refractivity contribution is -0.116. The minimum Gasteiger partial charge on any atom is -0.324 e. The largest absolute Gasteiger partial charge is 0.331 e. The van der Waals surface area contributed by atoms with Crippen molar-refractivity contribution in [2.75, 3.05) is 5.32 Å². The standard InChI is InChI=1S/C18H18N4O3/c1-11-5-6-14(12(2)8-11)20-16(23)10-22-17(24)13(9-19)15-4-3-7-21(15)18(22)25/h5-6,8H,3-4,7,10H2,1-2H3,(H,20,23). The van der Waals surface area contributed by atoms with Crippen LogP contribution in [0, 0.1) is 25.2 Å². The highest BCUT2D eigenvalue weighted by atomic mass is 16.2. The first-order valence-corrected chi connectivity index (χ1v) is 8.06. The summed E-state index contributed by atoms with van der Waals surface area (Å²) in [5.41, 5.74) is 1.79. The van der Waals surface area contributed by atoms with Crippen molar-refractivity contribution in [3.63, 3.8) is 0 Å². The van der Waals surface area contributed by atoms with Crippen LogP contribution in [0.2, 0.25) is 0 Å². The maximum absolute atomic E-state index is 12.5. The van der Waals surface area contributed by atoms with Crippen LogP contribution in [0.4, 0.5) is 5.69 Å². The predicted molar refractivity (Wildman–Crippen MR) is 92.5 cm³/mol. The molecule has 1 N–H and O–H groups in total. The first kappa shape index (κ1) is 16.7. The molecule has 25 heavy (non-hydrogen) atoms. The van der Waals surface area contributed by atoms with Gasteiger partial charge in [0.05, 0.1) is 0 Å². The van der Waals surface area contributed by atoms with Crippen LogP contribution in [0.5, 0.6) is 0 Å². The van der Waals surface area contributed by atoms with Crippen LogP contribution >= 0.6 is 0 Å². The molecule has 2 heterocycles. The number of rotatable bonds is 3. The Bertz CT molecular complexity index is 1020. The van der Waals surface area contributed by atoms with Crippen molar-refractivity contribution < 1.29 is 4.79 Å². The number of anilines is 1. The van der Waals surface area contributed by atoms with Gasteiger partial charge in [0.1, 0.15) is 18.2 Å². The molecule has 7 heteroatoms. The van der Waals surface area contributed by atoms with Gasteiger partial charge in [0.2, 0.25) is 5.91 Å². The molecule has 0 bridgehead atoms. The van der Waals surface area contributed by atoms with Crippen molar-refractivity contribution in [2.24, 2.45) is 0 Å². The fourth-order valence-corrected chi connectivity index (χ4v) is 3.18. The Balaban J connectivity index is 1.93. The van der Waals surface area contributed by atoms with E-state index in [2.05, 4.69) is 5.32 Å². The molecule has 0 unspecified atom stereocenters. The van der Waals surface area contributed by atoms with Gasteiger partial charge in [-0.1, -0.05) is 17.7 Å². The van der Waals surface area contributed by atoms with Crippen molar-refractivity contribution in [1.82, 2.24) is 9.13 Å². The molecule has 0 fully saturated rings. The van der Waals surface area contributed by atoms with Crippen molar-refractivity contribution in [1.29, 1.82) is 5.26 Å². The van der Waals surface area contributed by atoms with E-state index in [4.69, 9.17) is 0 Å². The molecule has 7 nitrogen and oxygen atoms in total. The molecule has 1 aromatic carbocycles. The highest BCUT2D eigenvalue weighted by molar-refractivity contribution is 5.91. The number of amides is 1. The number of aromatic nitrogens is 2. The fourth-order valence-electron chi connectivity index (χ4n) is 3.18. The molecule has 0 saturated carbocycles. The number of benzene rings is 1. The predicted octanol–water partition coefficient (Wildman–Crippen LogP) is 1.08. The lowest BCUT2D eigenvalue weighted by atomic mass is 10.1. The normalized spacial score (nSPS) is 12.5. The van der Waals surface area contributed by atoms with Crippen molar-refractivity contribution in [3.8, 4) is 6.07 Å². The van der Waals surface area contributed by atoms with E-state index in [1.165, 1.54) is 4.57 Å². The Morgan fingerprint density at radius 1 is 1.32 bits per heavy atom. The number of carbonyl (C=O) groups excluding carboxylic acids is 1. The first-order chi connectivity index (χ1) is 11.9. The molecule has 1 amide bonds. The van der Waals surface area contributed by atoms with E-state index in [0.717, 1.165) is 15.7 Å². The van der Waals surface area contributed by atoms with Gasteiger partial charge in [0, 0.05) is 17.9 Å². The van der Waals surface area contributed by atoms with Gasteiger partial charge in [-0.15, -0.1) is 0 Å². The number of nitrogens with zero attached hydrogens (tertiary/aromatic N) is 3. The molecule has 0 atom stereocenters. The first-order valence-electron chi connectivity index (χ1n) is 8.06. The topological polar surface area (TPSA) is 96.9 Å². The number of fused-ring (bicyclic) bond motifs is 1. The molecular formula is C18H18N4O3. The number of carbonyl (C=O) groups is 1. The number of hydrogen-bond acceptors (Lipinski definition) is 4. The highest BCUT2D eigenvalue weighted by Gasteiger charge is 2.23. The van der Waals surface area contributed by atoms with Gasteiger partial charge < -0.3 is 5.32 Å². The molecule has 1 aliphatic heterocycles. The monoisotopic (exact) mass is 338 g/mol. The number of nitriles is 1. The summed E-state index contributed by atoms with van der Waals surface area (Å²) >= 11 is 0. The lowest BCUT2D eigenvalue weighted by Gasteiger charge is -2.12. The van der Waals surface area contributed by atoms with E-state index in [-0.39, 0.29) is 5.56 Å². The average Bonchev–Trinajstić information content (AvgIpc) is 3.04. The van der Waals surface area contributed by atoms with Crippen LogP contribution in [0.25, 0.3) is 0 Å². The second-order valence-electron chi connectivity index (χ2n) is 6.23. The van der Waals surface area contributed by atoms with Gasteiger partial charge in [-0.25, -0.2) is 9.36 Å². The zero-order chi connectivity index (χ0) is 18.1. The van der Waals surface area contributed by atoms with E-state index >= 15 is 0 Å². The molecule has 0 spiro atoms. The SMILES string of the molecule is Cc1ccc(NC(=O)Cn2c(=O)c(C#N)c3n(c2=O)CCC3)c(C)c1. The third-order valence-corrected chi connectivity index (χ3v) is 4.40. The second-order valence-corrected chi connectivity index (χ2v) is 6.23. The third-order valence-electron chi connectivity index (χ3n) is 4.40. The lowest BCUT2D eigenvalue weighted by Crippen LogP contribution is -2.44. The average molecular weight is 338 g/mol. The Hall–Kier alpha value is -3.14. The molecule has 3 rings (SSSR count). The van der Waals surface area contributed by atoms with Gasteiger partial charge in [-0.2, -0.15) is 5.26 Å². The Morgan fingerprint density at radius 3 is 2.76 bits per heavy atom. The molecule has 1 aromatic heterocycles. The van der Waals surface area contributed by atoms with Crippen LogP contribution < -0.4 is 16.6 Å². The second kappa shape index (κ2) is 6.40. The Morgan fingerprint density at radius 2 is 2.08 bits per heavy atom. The Labute approximate surface area is 144 Å². The number of aryl methyl sites for hydroxylation is 2. The van der Waals surface area contributed by atoms with E-state index < -0.39 is 23.7 Å². The minimum absolute atomic E-state index is 0.0450. The molecule has 1 aliphatic rings. The number of nitrogens with one attached hydrogen (secondary N) is 1. The summed E-state index contributed by atoms with van der Waals surface area (Å²) in [6, 6.07) is 7.45. The maximum atomic E-state index is 12.5. The van der Waals surface area contributed by atoms with E-state index in [9.17, 15) is 19.6 Å². The summed E-state index contributed by atoms with van der Waals surface area (Å²) in [6.07, 6.45) is 1.24. The molecule has 0 saturated heterocycles.